The first-order chi connectivity index (χ1) is 17.0. The van der Waals surface area contributed by atoms with Crippen molar-refractivity contribution in [2.75, 3.05) is 37.8 Å². The average Bonchev–Trinajstić information content (AvgIpc) is 3.25. The predicted molar refractivity (Wildman–Crippen MR) is 132 cm³/mol. The van der Waals surface area contributed by atoms with Crippen LogP contribution in [-0.4, -0.2) is 54.0 Å². The Balaban J connectivity index is 1.67. The minimum absolute atomic E-state index is 0.210. The molecule has 3 N–H and O–H groups in total. The molecule has 2 aromatic heterocycles. The lowest BCUT2D eigenvalue weighted by atomic mass is 10.0. The van der Waals surface area contributed by atoms with Gasteiger partial charge in [0.2, 0.25) is 0 Å². The van der Waals surface area contributed by atoms with Gasteiger partial charge in [-0.2, -0.15) is 13.2 Å². The predicted octanol–water partition coefficient (Wildman–Crippen LogP) is 4.20. The van der Waals surface area contributed by atoms with Crippen LogP contribution in [0.5, 0.6) is 0 Å². The van der Waals surface area contributed by atoms with E-state index < -0.39 is 17.6 Å². The summed E-state index contributed by atoms with van der Waals surface area (Å²) in [5.74, 6) is 5.10. The number of hydrogen-bond acceptors (Lipinski definition) is 6. The van der Waals surface area contributed by atoms with Gasteiger partial charge in [0.1, 0.15) is 5.82 Å². The maximum absolute atomic E-state index is 12.9. The topological polar surface area (TPSA) is 99.2 Å². The molecule has 3 amide bonds. The number of aryl methyl sites for hydroxylation is 1. The maximum atomic E-state index is 12.9. The summed E-state index contributed by atoms with van der Waals surface area (Å²) in [5, 5.41) is 8.14. The summed E-state index contributed by atoms with van der Waals surface area (Å²) in [6.45, 7) is 3.01. The van der Waals surface area contributed by atoms with Crippen molar-refractivity contribution in [3.05, 3.63) is 69.9 Å². The van der Waals surface area contributed by atoms with E-state index in [1.807, 2.05) is 25.9 Å². The van der Waals surface area contributed by atoms with Crippen molar-refractivity contribution in [1.82, 2.24) is 20.2 Å². The molecule has 0 radical (unpaired) electrons. The first kappa shape index (κ1) is 26.7. The van der Waals surface area contributed by atoms with Crippen molar-refractivity contribution < 1.29 is 22.8 Å². The van der Waals surface area contributed by atoms with Crippen molar-refractivity contribution in [2.24, 2.45) is 0 Å². The Morgan fingerprint density at radius 1 is 1.08 bits per heavy atom. The number of rotatable bonds is 6. The molecule has 0 aliphatic rings. The molecule has 3 rings (SSSR count). The van der Waals surface area contributed by atoms with Gasteiger partial charge >= 0.3 is 12.2 Å². The van der Waals surface area contributed by atoms with E-state index in [-0.39, 0.29) is 17.4 Å². The normalized spacial score (nSPS) is 11.0. The van der Waals surface area contributed by atoms with E-state index in [1.165, 1.54) is 17.5 Å². The van der Waals surface area contributed by atoms with Gasteiger partial charge in [-0.15, -0.1) is 0 Å². The van der Waals surface area contributed by atoms with Crippen molar-refractivity contribution in [2.45, 2.75) is 13.1 Å². The number of aromatic nitrogens is 2. The van der Waals surface area contributed by atoms with E-state index in [0.717, 1.165) is 23.9 Å². The fourth-order valence-corrected chi connectivity index (χ4v) is 3.48. The molecular weight excluding hydrogens is 493 g/mol. The number of benzene rings is 1. The SMILES string of the molecule is Cc1ccc(C(=O)Nc2cc(C(F)(F)F)ccn2)cc1C#Cc1cnc(NC(=O)NCCN(C)C)s1. The van der Waals surface area contributed by atoms with E-state index in [9.17, 15) is 22.8 Å². The molecule has 188 valence electrons. The summed E-state index contributed by atoms with van der Waals surface area (Å²) in [6.07, 6.45) is -2.04. The number of thiazole rings is 1. The van der Waals surface area contributed by atoms with E-state index in [2.05, 4.69) is 37.8 Å². The Labute approximate surface area is 210 Å². The number of pyridine rings is 1. The molecule has 12 heteroatoms. The average molecular weight is 517 g/mol. The minimum Gasteiger partial charge on any atom is -0.337 e. The zero-order chi connectivity index (χ0) is 26.3. The second-order valence-corrected chi connectivity index (χ2v) is 8.91. The molecule has 0 spiro atoms. The summed E-state index contributed by atoms with van der Waals surface area (Å²) < 4.78 is 38.7. The van der Waals surface area contributed by atoms with Gasteiger partial charge in [-0.05, 0) is 56.8 Å². The Hall–Kier alpha value is -3.95. The van der Waals surface area contributed by atoms with Crippen LogP contribution in [0.3, 0.4) is 0 Å². The third-order valence-corrected chi connectivity index (χ3v) is 5.55. The molecular formula is C24H23F3N6O2S. The lowest BCUT2D eigenvalue weighted by Gasteiger charge is -2.10. The summed E-state index contributed by atoms with van der Waals surface area (Å²) in [5.41, 5.74) is 0.668. The minimum atomic E-state index is -4.54. The highest BCUT2D eigenvalue weighted by Gasteiger charge is 2.30. The second-order valence-electron chi connectivity index (χ2n) is 7.88. The number of alkyl halides is 3. The number of carbonyl (C=O) groups is 2. The summed E-state index contributed by atoms with van der Waals surface area (Å²) in [6, 6.07) is 6.01. The van der Waals surface area contributed by atoms with Crippen LogP contribution < -0.4 is 16.0 Å². The Kier molecular flexibility index (Phi) is 8.63. The Bertz CT molecular complexity index is 1310. The smallest absolute Gasteiger partial charge is 0.337 e. The third kappa shape index (κ3) is 7.79. The molecule has 0 bridgehead atoms. The van der Waals surface area contributed by atoms with Crippen LogP contribution in [0.25, 0.3) is 0 Å². The van der Waals surface area contributed by atoms with E-state index >= 15 is 0 Å². The van der Waals surface area contributed by atoms with Gasteiger partial charge in [0.25, 0.3) is 5.91 Å². The summed E-state index contributed by atoms with van der Waals surface area (Å²) in [7, 11) is 3.81. The van der Waals surface area contributed by atoms with Crippen LogP contribution in [0, 0.1) is 18.8 Å². The second kappa shape index (κ2) is 11.7. The number of hydrogen-bond donors (Lipinski definition) is 3. The molecule has 3 aromatic rings. The highest BCUT2D eigenvalue weighted by molar-refractivity contribution is 7.16. The van der Waals surface area contributed by atoms with E-state index in [0.29, 0.717) is 28.7 Å². The summed E-state index contributed by atoms with van der Waals surface area (Å²) >= 11 is 1.20. The monoisotopic (exact) mass is 516 g/mol. The van der Waals surface area contributed by atoms with Crippen molar-refractivity contribution in [3.8, 4) is 11.8 Å². The summed E-state index contributed by atoms with van der Waals surface area (Å²) in [4.78, 5) is 35.0. The van der Waals surface area contributed by atoms with Crippen LogP contribution in [0.4, 0.5) is 28.9 Å². The molecule has 0 atom stereocenters. The largest absolute Gasteiger partial charge is 0.416 e. The number of halogens is 3. The Morgan fingerprint density at radius 3 is 2.58 bits per heavy atom. The molecule has 0 aliphatic carbocycles. The maximum Gasteiger partial charge on any atom is 0.416 e. The molecule has 0 unspecified atom stereocenters. The lowest BCUT2D eigenvalue weighted by molar-refractivity contribution is -0.137. The number of carbonyl (C=O) groups excluding carboxylic acids is 2. The number of anilines is 2. The highest BCUT2D eigenvalue weighted by Crippen LogP contribution is 2.30. The molecule has 0 saturated carbocycles. The number of nitrogens with one attached hydrogen (secondary N) is 3. The first-order valence-electron chi connectivity index (χ1n) is 10.6. The molecule has 0 saturated heterocycles. The van der Waals surface area contributed by atoms with Crippen molar-refractivity contribution in [3.63, 3.8) is 0 Å². The van der Waals surface area contributed by atoms with Crippen LogP contribution in [-0.2, 0) is 6.18 Å². The van der Waals surface area contributed by atoms with Gasteiger partial charge in [0, 0.05) is 30.4 Å². The van der Waals surface area contributed by atoms with Gasteiger partial charge in [0.05, 0.1) is 16.6 Å². The van der Waals surface area contributed by atoms with Crippen molar-refractivity contribution >= 4 is 34.2 Å². The van der Waals surface area contributed by atoms with Gasteiger partial charge in [-0.25, -0.2) is 14.8 Å². The molecule has 0 fully saturated rings. The number of amides is 3. The first-order valence-corrected chi connectivity index (χ1v) is 11.5. The Morgan fingerprint density at radius 2 is 1.86 bits per heavy atom. The molecule has 1 aromatic carbocycles. The third-order valence-electron chi connectivity index (χ3n) is 4.72. The standard InChI is InChI=1S/C24H23F3N6O2S/c1-15-4-5-17(21(34)31-20-13-18(8-9-28-20)24(25,26)27)12-16(15)6-7-19-14-30-23(36-19)32-22(35)29-10-11-33(2)3/h4-5,8-9,12-14H,10-11H2,1-3H3,(H,28,31,34)(H2,29,30,32,35). The van der Waals surface area contributed by atoms with Gasteiger partial charge in [-0.3, -0.25) is 10.1 Å². The fraction of sp³-hybridized carbons (Fsp3) is 0.250. The van der Waals surface area contributed by atoms with Gasteiger partial charge < -0.3 is 15.5 Å². The van der Waals surface area contributed by atoms with Gasteiger partial charge in [-0.1, -0.05) is 23.3 Å². The number of likely N-dealkylation sites (N-methyl/N-ethyl adjacent to an activating group) is 1. The van der Waals surface area contributed by atoms with Gasteiger partial charge in [0.15, 0.2) is 5.13 Å². The van der Waals surface area contributed by atoms with E-state index in [4.69, 9.17) is 0 Å². The number of urea groups is 1. The highest BCUT2D eigenvalue weighted by atomic mass is 32.1. The quantitative estimate of drug-likeness (QED) is 0.427. The zero-order valence-corrected chi connectivity index (χ0v) is 20.5. The lowest BCUT2D eigenvalue weighted by Crippen LogP contribution is -2.34. The molecule has 36 heavy (non-hydrogen) atoms. The van der Waals surface area contributed by atoms with Crippen LogP contribution in [0.1, 0.15) is 31.9 Å². The molecule has 8 nitrogen and oxygen atoms in total. The van der Waals surface area contributed by atoms with Crippen LogP contribution >= 0.6 is 11.3 Å². The van der Waals surface area contributed by atoms with Crippen molar-refractivity contribution in [1.29, 1.82) is 0 Å². The molecule has 2 heterocycles. The van der Waals surface area contributed by atoms with Crippen LogP contribution in [0.2, 0.25) is 0 Å². The number of nitrogens with zero attached hydrogens (tertiary/aromatic N) is 3. The van der Waals surface area contributed by atoms with E-state index in [1.54, 1.807) is 18.2 Å². The van der Waals surface area contributed by atoms with Crippen LogP contribution in [0.15, 0.2) is 42.7 Å². The zero-order valence-electron chi connectivity index (χ0n) is 19.7. The fourth-order valence-electron chi connectivity index (χ4n) is 2.81. The molecule has 0 aliphatic heterocycles.